The molecule has 3 N–H and O–H groups in total. The summed E-state index contributed by atoms with van der Waals surface area (Å²) in [5.41, 5.74) is 1.79. The van der Waals surface area contributed by atoms with E-state index in [2.05, 4.69) is 16.0 Å². The average molecular weight is 418 g/mol. The van der Waals surface area contributed by atoms with E-state index in [9.17, 15) is 9.59 Å². The summed E-state index contributed by atoms with van der Waals surface area (Å²) in [6.07, 6.45) is 1.42. The van der Waals surface area contributed by atoms with Crippen molar-refractivity contribution in [2.75, 3.05) is 10.6 Å². The Morgan fingerprint density at radius 3 is 2.39 bits per heavy atom. The number of hydrogen-bond donors (Lipinski definition) is 3. The average Bonchev–Trinajstić information content (AvgIpc) is 3.16. The maximum Gasteiger partial charge on any atom is 0.319 e. The second-order valence-electron chi connectivity index (χ2n) is 6.00. The SMILES string of the molecule is CC(NC(=O)Nc1cccc(NC(=O)c2ccco2)c1)c1ccc(Cl)cc1Cl. The van der Waals surface area contributed by atoms with Crippen molar-refractivity contribution >= 4 is 46.5 Å². The number of carbonyl (C=O) groups is 2. The molecule has 6 nitrogen and oxygen atoms in total. The quantitative estimate of drug-likeness (QED) is 0.496. The van der Waals surface area contributed by atoms with Crippen molar-refractivity contribution in [2.45, 2.75) is 13.0 Å². The molecule has 0 radical (unpaired) electrons. The van der Waals surface area contributed by atoms with Crippen LogP contribution in [0.5, 0.6) is 0 Å². The van der Waals surface area contributed by atoms with Gasteiger partial charge in [0.05, 0.1) is 12.3 Å². The van der Waals surface area contributed by atoms with Gasteiger partial charge in [-0.25, -0.2) is 4.79 Å². The molecule has 144 valence electrons. The number of carbonyl (C=O) groups excluding carboxylic acids is 2. The Balaban J connectivity index is 1.61. The summed E-state index contributed by atoms with van der Waals surface area (Å²) >= 11 is 12.1. The molecule has 1 heterocycles. The summed E-state index contributed by atoms with van der Waals surface area (Å²) in [6.45, 7) is 1.81. The van der Waals surface area contributed by atoms with Crippen molar-refractivity contribution in [3.8, 4) is 0 Å². The molecule has 0 bridgehead atoms. The van der Waals surface area contributed by atoms with E-state index in [0.29, 0.717) is 21.4 Å². The van der Waals surface area contributed by atoms with Crippen LogP contribution in [0.1, 0.15) is 29.1 Å². The summed E-state index contributed by atoms with van der Waals surface area (Å²) in [5, 5.41) is 9.24. The van der Waals surface area contributed by atoms with Gasteiger partial charge < -0.3 is 20.4 Å². The zero-order chi connectivity index (χ0) is 20.1. The van der Waals surface area contributed by atoms with E-state index in [1.54, 1.807) is 54.6 Å². The van der Waals surface area contributed by atoms with Gasteiger partial charge in [-0.1, -0.05) is 35.3 Å². The summed E-state index contributed by atoms with van der Waals surface area (Å²) < 4.78 is 5.05. The topological polar surface area (TPSA) is 83.4 Å². The maximum atomic E-state index is 12.3. The van der Waals surface area contributed by atoms with Gasteiger partial charge >= 0.3 is 6.03 Å². The fraction of sp³-hybridized carbons (Fsp3) is 0.100. The minimum Gasteiger partial charge on any atom is -0.459 e. The number of halogens is 2. The van der Waals surface area contributed by atoms with Gasteiger partial charge in [-0.3, -0.25) is 4.79 Å². The lowest BCUT2D eigenvalue weighted by molar-refractivity contribution is 0.0996. The fourth-order valence-corrected chi connectivity index (χ4v) is 3.14. The van der Waals surface area contributed by atoms with Crippen LogP contribution in [0, 0.1) is 0 Å². The van der Waals surface area contributed by atoms with E-state index < -0.39 is 6.03 Å². The highest BCUT2D eigenvalue weighted by atomic mass is 35.5. The summed E-state index contributed by atoms with van der Waals surface area (Å²) in [4.78, 5) is 24.3. The number of rotatable bonds is 5. The maximum absolute atomic E-state index is 12.3. The lowest BCUT2D eigenvalue weighted by atomic mass is 10.1. The smallest absolute Gasteiger partial charge is 0.319 e. The standard InChI is InChI=1S/C20H17Cl2N3O3/c1-12(16-8-7-13(21)10-17(16)22)23-20(27)25-15-5-2-4-14(11-15)24-19(26)18-6-3-9-28-18/h2-12H,1H3,(H,24,26)(H2,23,25,27). The van der Waals surface area contributed by atoms with Crippen molar-refractivity contribution in [3.05, 3.63) is 82.2 Å². The number of urea groups is 1. The molecule has 1 aromatic heterocycles. The largest absolute Gasteiger partial charge is 0.459 e. The first-order valence-electron chi connectivity index (χ1n) is 8.40. The molecule has 1 unspecified atom stereocenters. The Labute approximate surface area is 171 Å². The molecule has 8 heteroatoms. The van der Waals surface area contributed by atoms with Crippen LogP contribution in [0.15, 0.2) is 65.3 Å². The van der Waals surface area contributed by atoms with Crippen LogP contribution in [0.2, 0.25) is 10.0 Å². The molecule has 3 amide bonds. The first-order chi connectivity index (χ1) is 13.4. The highest BCUT2D eigenvalue weighted by Gasteiger charge is 2.14. The van der Waals surface area contributed by atoms with Crippen LogP contribution in [-0.4, -0.2) is 11.9 Å². The van der Waals surface area contributed by atoms with E-state index in [0.717, 1.165) is 5.56 Å². The molecule has 0 saturated carbocycles. The summed E-state index contributed by atoms with van der Waals surface area (Å²) in [5.74, 6) is -0.178. The highest BCUT2D eigenvalue weighted by Crippen LogP contribution is 2.26. The van der Waals surface area contributed by atoms with Gasteiger partial charge in [0.2, 0.25) is 0 Å². The number of amides is 3. The van der Waals surface area contributed by atoms with Gasteiger partial charge in [0.15, 0.2) is 5.76 Å². The van der Waals surface area contributed by atoms with E-state index in [-0.39, 0.29) is 17.7 Å². The van der Waals surface area contributed by atoms with Crippen LogP contribution in [0.3, 0.4) is 0 Å². The summed E-state index contributed by atoms with van der Waals surface area (Å²) in [7, 11) is 0. The van der Waals surface area contributed by atoms with Gasteiger partial charge in [0.25, 0.3) is 5.91 Å². The van der Waals surface area contributed by atoms with Crippen molar-refractivity contribution in [1.82, 2.24) is 5.32 Å². The minimum atomic E-state index is -0.409. The summed E-state index contributed by atoms with van der Waals surface area (Å²) in [6, 6.07) is 14.3. The van der Waals surface area contributed by atoms with Gasteiger partial charge in [0, 0.05) is 21.4 Å². The third kappa shape index (κ3) is 5.06. The minimum absolute atomic E-state index is 0.199. The Kier molecular flexibility index (Phi) is 6.23. The van der Waals surface area contributed by atoms with Crippen molar-refractivity contribution in [2.24, 2.45) is 0 Å². The van der Waals surface area contributed by atoms with E-state index >= 15 is 0 Å². The molecule has 0 aliphatic carbocycles. The lowest BCUT2D eigenvalue weighted by Gasteiger charge is -2.17. The Hall–Kier alpha value is -2.96. The van der Waals surface area contributed by atoms with Crippen molar-refractivity contribution < 1.29 is 14.0 Å². The molecular weight excluding hydrogens is 401 g/mol. The Morgan fingerprint density at radius 1 is 0.964 bits per heavy atom. The molecule has 28 heavy (non-hydrogen) atoms. The van der Waals surface area contributed by atoms with Gasteiger partial charge in [0.1, 0.15) is 0 Å². The van der Waals surface area contributed by atoms with E-state index in [4.69, 9.17) is 27.6 Å². The monoisotopic (exact) mass is 417 g/mol. The van der Waals surface area contributed by atoms with E-state index in [1.807, 2.05) is 6.92 Å². The number of hydrogen-bond acceptors (Lipinski definition) is 3. The van der Waals surface area contributed by atoms with Crippen LogP contribution < -0.4 is 16.0 Å². The predicted octanol–water partition coefficient (Wildman–Crippen LogP) is 5.72. The highest BCUT2D eigenvalue weighted by molar-refractivity contribution is 6.35. The number of anilines is 2. The molecule has 1 atom stereocenters. The number of nitrogens with one attached hydrogen (secondary N) is 3. The van der Waals surface area contributed by atoms with Gasteiger partial charge in [-0.05, 0) is 55.0 Å². The molecule has 0 spiro atoms. The van der Waals surface area contributed by atoms with Crippen LogP contribution in [0.25, 0.3) is 0 Å². The number of furan rings is 1. The van der Waals surface area contributed by atoms with Crippen molar-refractivity contribution in [3.63, 3.8) is 0 Å². The fourth-order valence-electron chi connectivity index (χ4n) is 2.57. The van der Waals surface area contributed by atoms with Crippen molar-refractivity contribution in [1.29, 1.82) is 0 Å². The third-order valence-corrected chi connectivity index (χ3v) is 4.46. The molecule has 0 aliphatic heterocycles. The number of benzene rings is 2. The molecule has 2 aromatic carbocycles. The Morgan fingerprint density at radius 2 is 1.71 bits per heavy atom. The Bertz CT molecular complexity index is 990. The van der Waals surface area contributed by atoms with Gasteiger partial charge in [-0.15, -0.1) is 0 Å². The van der Waals surface area contributed by atoms with Gasteiger partial charge in [-0.2, -0.15) is 0 Å². The van der Waals surface area contributed by atoms with E-state index in [1.165, 1.54) is 6.26 Å². The first-order valence-corrected chi connectivity index (χ1v) is 9.15. The van der Waals surface area contributed by atoms with Crippen LogP contribution >= 0.6 is 23.2 Å². The molecule has 0 fully saturated rings. The second-order valence-corrected chi connectivity index (χ2v) is 6.84. The normalized spacial score (nSPS) is 11.5. The zero-order valence-electron chi connectivity index (χ0n) is 14.8. The molecule has 0 saturated heterocycles. The molecule has 3 rings (SSSR count). The molecule has 0 aliphatic rings. The van der Waals surface area contributed by atoms with Crippen LogP contribution in [-0.2, 0) is 0 Å². The second kappa shape index (κ2) is 8.82. The third-order valence-electron chi connectivity index (χ3n) is 3.90. The zero-order valence-corrected chi connectivity index (χ0v) is 16.3. The first kappa shape index (κ1) is 19.8. The van der Waals surface area contributed by atoms with Crippen LogP contribution in [0.4, 0.5) is 16.2 Å². The predicted molar refractivity (Wildman–Crippen MR) is 110 cm³/mol. The molecular formula is C20H17Cl2N3O3. The molecule has 3 aromatic rings. The lowest BCUT2D eigenvalue weighted by Crippen LogP contribution is -2.31.